The van der Waals surface area contributed by atoms with Crippen molar-refractivity contribution in [2.24, 2.45) is 0 Å². The molecule has 0 saturated heterocycles. The summed E-state index contributed by atoms with van der Waals surface area (Å²) >= 11 is 0. The van der Waals surface area contributed by atoms with Crippen LogP contribution in [0.3, 0.4) is 0 Å². The Morgan fingerprint density at radius 2 is 1.88 bits per heavy atom. The lowest BCUT2D eigenvalue weighted by Gasteiger charge is -2.09. The Labute approximate surface area is 145 Å². The van der Waals surface area contributed by atoms with Crippen LogP contribution in [-0.4, -0.2) is 13.0 Å². The second-order valence-electron chi connectivity index (χ2n) is 5.69. The molecule has 0 aliphatic heterocycles. The van der Waals surface area contributed by atoms with Crippen LogP contribution in [0, 0.1) is 0 Å². The van der Waals surface area contributed by atoms with Crippen molar-refractivity contribution in [1.82, 2.24) is 5.32 Å². The van der Waals surface area contributed by atoms with E-state index in [0.717, 1.165) is 22.9 Å². The van der Waals surface area contributed by atoms with Crippen molar-refractivity contribution in [2.45, 2.75) is 19.9 Å². The number of hydrogen-bond acceptors (Lipinski definition) is 4. The van der Waals surface area contributed by atoms with Crippen molar-refractivity contribution < 1.29 is 13.9 Å². The topological polar surface area (TPSA) is 68.5 Å². The maximum absolute atomic E-state index is 12.3. The minimum absolute atomic E-state index is 0.212. The Morgan fingerprint density at radius 3 is 2.56 bits per heavy atom. The second kappa shape index (κ2) is 7.21. The average Bonchev–Trinajstić information content (AvgIpc) is 2.65. The van der Waals surface area contributed by atoms with Crippen LogP contribution in [0.5, 0.6) is 5.75 Å². The molecule has 1 heterocycles. The minimum Gasteiger partial charge on any atom is -0.497 e. The van der Waals surface area contributed by atoms with E-state index in [1.54, 1.807) is 37.4 Å². The van der Waals surface area contributed by atoms with E-state index < -0.39 is 5.63 Å². The summed E-state index contributed by atoms with van der Waals surface area (Å²) in [5, 5.41) is 3.69. The third kappa shape index (κ3) is 3.71. The van der Waals surface area contributed by atoms with Gasteiger partial charge in [0, 0.05) is 23.6 Å². The number of amides is 1. The molecule has 5 heteroatoms. The summed E-state index contributed by atoms with van der Waals surface area (Å²) in [6.45, 7) is 2.31. The van der Waals surface area contributed by atoms with E-state index in [4.69, 9.17) is 9.15 Å². The van der Waals surface area contributed by atoms with Crippen LogP contribution in [0.4, 0.5) is 0 Å². The minimum atomic E-state index is -0.426. The highest BCUT2D eigenvalue weighted by Crippen LogP contribution is 2.19. The molecular formula is C20H19NO4. The SMILES string of the molecule is CCc1ccc2oc(=O)cc(CNC(=O)c3ccc(OC)cc3)c2c1. The van der Waals surface area contributed by atoms with Gasteiger partial charge in [0.25, 0.3) is 5.91 Å². The van der Waals surface area contributed by atoms with Crippen LogP contribution in [-0.2, 0) is 13.0 Å². The average molecular weight is 337 g/mol. The van der Waals surface area contributed by atoms with E-state index in [1.807, 2.05) is 12.1 Å². The van der Waals surface area contributed by atoms with Crippen molar-refractivity contribution in [3.8, 4) is 5.75 Å². The summed E-state index contributed by atoms with van der Waals surface area (Å²) in [5.41, 5.74) is 2.51. The number of methoxy groups -OCH3 is 1. The van der Waals surface area contributed by atoms with Gasteiger partial charge in [0.05, 0.1) is 7.11 Å². The molecule has 0 fully saturated rings. The van der Waals surface area contributed by atoms with Crippen LogP contribution in [0.1, 0.15) is 28.4 Å². The molecule has 3 aromatic rings. The van der Waals surface area contributed by atoms with Gasteiger partial charge in [-0.1, -0.05) is 13.0 Å². The van der Waals surface area contributed by atoms with Gasteiger partial charge in [0.15, 0.2) is 0 Å². The third-order valence-electron chi connectivity index (χ3n) is 4.09. The highest BCUT2D eigenvalue weighted by molar-refractivity contribution is 5.94. The fraction of sp³-hybridized carbons (Fsp3) is 0.200. The zero-order valence-corrected chi connectivity index (χ0v) is 14.2. The molecule has 5 nitrogen and oxygen atoms in total. The Hall–Kier alpha value is -3.08. The first kappa shape index (κ1) is 16.8. The molecule has 2 aromatic carbocycles. The molecule has 0 spiro atoms. The Balaban J connectivity index is 1.84. The molecule has 3 rings (SSSR count). The lowest BCUT2D eigenvalue weighted by atomic mass is 10.1. The third-order valence-corrected chi connectivity index (χ3v) is 4.09. The molecule has 0 atom stereocenters. The number of carbonyl (C=O) groups excluding carboxylic acids is 1. The molecule has 0 bridgehead atoms. The first-order valence-corrected chi connectivity index (χ1v) is 8.08. The van der Waals surface area contributed by atoms with Gasteiger partial charge in [-0.3, -0.25) is 4.79 Å². The lowest BCUT2D eigenvalue weighted by molar-refractivity contribution is 0.0951. The van der Waals surface area contributed by atoms with Crippen molar-refractivity contribution in [2.75, 3.05) is 7.11 Å². The van der Waals surface area contributed by atoms with E-state index in [2.05, 4.69) is 12.2 Å². The number of nitrogens with one attached hydrogen (secondary N) is 1. The van der Waals surface area contributed by atoms with Gasteiger partial charge in [-0.2, -0.15) is 0 Å². The molecular weight excluding hydrogens is 318 g/mol. The smallest absolute Gasteiger partial charge is 0.336 e. The molecule has 25 heavy (non-hydrogen) atoms. The highest BCUT2D eigenvalue weighted by Gasteiger charge is 2.10. The summed E-state index contributed by atoms with van der Waals surface area (Å²) < 4.78 is 10.3. The van der Waals surface area contributed by atoms with Crippen LogP contribution in [0.2, 0.25) is 0 Å². The van der Waals surface area contributed by atoms with E-state index in [-0.39, 0.29) is 12.5 Å². The quantitative estimate of drug-likeness (QED) is 0.725. The number of ether oxygens (including phenoxy) is 1. The number of carbonyl (C=O) groups is 1. The van der Waals surface area contributed by atoms with Crippen molar-refractivity contribution in [1.29, 1.82) is 0 Å². The second-order valence-corrected chi connectivity index (χ2v) is 5.69. The predicted octanol–water partition coefficient (Wildman–Crippen LogP) is 3.29. The number of rotatable bonds is 5. The predicted molar refractivity (Wildman–Crippen MR) is 96.0 cm³/mol. The molecule has 1 amide bonds. The molecule has 128 valence electrons. The largest absolute Gasteiger partial charge is 0.497 e. The molecule has 0 radical (unpaired) electrons. The molecule has 1 N–H and O–H groups in total. The van der Waals surface area contributed by atoms with Gasteiger partial charge >= 0.3 is 5.63 Å². The molecule has 0 aliphatic carbocycles. The summed E-state index contributed by atoms with van der Waals surface area (Å²) in [6, 6.07) is 14.0. The monoisotopic (exact) mass is 337 g/mol. The standard InChI is InChI=1S/C20H19NO4/c1-3-13-4-9-18-17(10-13)15(11-19(22)25-18)12-21-20(23)14-5-7-16(24-2)8-6-14/h4-11H,3,12H2,1-2H3,(H,21,23). The van der Waals surface area contributed by atoms with Crippen molar-refractivity contribution >= 4 is 16.9 Å². The summed E-state index contributed by atoms with van der Waals surface area (Å²) in [4.78, 5) is 24.1. The van der Waals surface area contributed by atoms with Crippen LogP contribution < -0.4 is 15.7 Å². The lowest BCUT2D eigenvalue weighted by Crippen LogP contribution is -2.23. The van der Waals surface area contributed by atoms with Crippen molar-refractivity contribution in [3.05, 3.63) is 75.6 Å². The van der Waals surface area contributed by atoms with Gasteiger partial charge in [-0.05, 0) is 53.9 Å². The fourth-order valence-electron chi connectivity index (χ4n) is 2.66. The van der Waals surface area contributed by atoms with E-state index in [1.165, 1.54) is 6.07 Å². The summed E-state index contributed by atoms with van der Waals surface area (Å²) in [7, 11) is 1.58. The molecule has 0 saturated carbocycles. The van der Waals surface area contributed by atoms with Gasteiger partial charge < -0.3 is 14.5 Å². The van der Waals surface area contributed by atoms with Gasteiger partial charge in [-0.25, -0.2) is 4.79 Å². The summed E-state index contributed by atoms with van der Waals surface area (Å²) in [5.74, 6) is 0.478. The maximum atomic E-state index is 12.3. The number of benzene rings is 2. The normalized spacial score (nSPS) is 10.6. The van der Waals surface area contributed by atoms with Crippen LogP contribution >= 0.6 is 0 Å². The number of aryl methyl sites for hydroxylation is 1. The van der Waals surface area contributed by atoms with E-state index in [0.29, 0.717) is 16.9 Å². The zero-order chi connectivity index (χ0) is 17.8. The van der Waals surface area contributed by atoms with E-state index >= 15 is 0 Å². The van der Waals surface area contributed by atoms with Crippen LogP contribution in [0.25, 0.3) is 11.0 Å². The Bertz CT molecular complexity index is 958. The van der Waals surface area contributed by atoms with Gasteiger partial charge in [0.2, 0.25) is 0 Å². The van der Waals surface area contributed by atoms with Gasteiger partial charge in [0.1, 0.15) is 11.3 Å². The molecule has 0 aliphatic rings. The fourth-order valence-corrected chi connectivity index (χ4v) is 2.66. The van der Waals surface area contributed by atoms with Crippen molar-refractivity contribution in [3.63, 3.8) is 0 Å². The maximum Gasteiger partial charge on any atom is 0.336 e. The Kier molecular flexibility index (Phi) is 4.84. The number of fused-ring (bicyclic) bond motifs is 1. The van der Waals surface area contributed by atoms with Gasteiger partial charge in [-0.15, -0.1) is 0 Å². The first-order chi connectivity index (χ1) is 12.1. The Morgan fingerprint density at radius 1 is 1.12 bits per heavy atom. The summed E-state index contributed by atoms with van der Waals surface area (Å²) in [6.07, 6.45) is 0.882. The molecule has 0 unspecified atom stereocenters. The zero-order valence-electron chi connectivity index (χ0n) is 14.2. The highest BCUT2D eigenvalue weighted by atomic mass is 16.5. The van der Waals surface area contributed by atoms with Crippen LogP contribution in [0.15, 0.2) is 57.7 Å². The molecule has 1 aromatic heterocycles. The number of hydrogen-bond donors (Lipinski definition) is 1. The van der Waals surface area contributed by atoms with E-state index in [9.17, 15) is 9.59 Å². The first-order valence-electron chi connectivity index (χ1n) is 8.08.